The monoisotopic (exact) mass is 464 g/mol. The van der Waals surface area contributed by atoms with Gasteiger partial charge in [0, 0.05) is 70.3 Å². The van der Waals surface area contributed by atoms with Crippen molar-refractivity contribution in [2.24, 2.45) is 14.1 Å². The normalized spacial score (nSPS) is 17.4. The van der Waals surface area contributed by atoms with Crippen LogP contribution < -0.4 is 0 Å². The highest BCUT2D eigenvalue weighted by molar-refractivity contribution is 6.03. The highest BCUT2D eigenvalue weighted by Gasteiger charge is 2.37. The number of para-hydroxylation sites is 2. The van der Waals surface area contributed by atoms with Crippen LogP contribution in [-0.2, 0) is 14.1 Å². The topological polar surface area (TPSA) is 9.86 Å². The van der Waals surface area contributed by atoms with Gasteiger partial charge >= 0.3 is 0 Å². The molecule has 2 unspecified atom stereocenters. The van der Waals surface area contributed by atoms with Gasteiger partial charge in [-0.1, -0.05) is 84.9 Å². The lowest BCUT2D eigenvalue weighted by Gasteiger charge is -2.20. The zero-order valence-electron chi connectivity index (χ0n) is 20.7. The molecule has 2 aliphatic rings. The maximum atomic E-state index is 2.46. The van der Waals surface area contributed by atoms with Crippen LogP contribution in [0.2, 0.25) is 0 Å². The van der Waals surface area contributed by atoms with E-state index in [0.29, 0.717) is 11.8 Å². The van der Waals surface area contributed by atoms with Crippen molar-refractivity contribution in [1.82, 2.24) is 9.13 Å². The molecule has 2 heteroatoms. The average Bonchev–Trinajstić information content (AvgIpc) is 3.61. The van der Waals surface area contributed by atoms with Crippen LogP contribution in [0.15, 0.2) is 97.1 Å². The molecule has 2 aromatic heterocycles. The van der Waals surface area contributed by atoms with E-state index < -0.39 is 0 Å². The van der Waals surface area contributed by atoms with E-state index >= 15 is 0 Å². The second-order valence-electron chi connectivity index (χ2n) is 10.5. The maximum absolute atomic E-state index is 2.46. The molecule has 0 saturated carbocycles. The predicted molar refractivity (Wildman–Crippen MR) is 150 cm³/mol. The summed E-state index contributed by atoms with van der Waals surface area (Å²) in [7, 11) is 4.51. The van der Waals surface area contributed by atoms with E-state index in [-0.39, 0.29) is 0 Å². The van der Waals surface area contributed by atoms with Crippen molar-refractivity contribution in [2.75, 3.05) is 0 Å². The van der Waals surface area contributed by atoms with Gasteiger partial charge < -0.3 is 9.13 Å². The molecule has 0 bridgehead atoms. The summed E-state index contributed by atoms with van der Waals surface area (Å²) in [4.78, 5) is 0. The number of hydrogen-bond acceptors (Lipinski definition) is 0. The van der Waals surface area contributed by atoms with Gasteiger partial charge in [0.15, 0.2) is 0 Å². The Bertz CT molecular complexity index is 1690. The molecule has 6 aromatic rings. The van der Waals surface area contributed by atoms with Crippen molar-refractivity contribution in [3.8, 4) is 22.3 Å². The number of benzene rings is 4. The van der Waals surface area contributed by atoms with Gasteiger partial charge in [0.2, 0.25) is 0 Å². The first kappa shape index (κ1) is 20.2. The molecule has 174 valence electrons. The molecule has 2 nitrogen and oxygen atoms in total. The fourth-order valence-corrected chi connectivity index (χ4v) is 7.48. The van der Waals surface area contributed by atoms with Crippen molar-refractivity contribution >= 4 is 21.8 Å². The molecule has 0 fully saturated rings. The molecular formula is C34H28N2. The molecule has 2 atom stereocenters. The Morgan fingerprint density at radius 2 is 0.889 bits per heavy atom. The molecular weight excluding hydrogens is 436 g/mol. The van der Waals surface area contributed by atoms with E-state index in [9.17, 15) is 0 Å². The molecule has 8 rings (SSSR count). The standard InChI is InChI=1S/C34H28N2/c1-35-29-17-9-7-15-27(29)31-23-13-5-3-11-21(23)25(33(31)35)19-20-26-22-12-4-6-14-24(22)32-28-16-8-10-18-30(28)36(2)34(26)32/h3-18,25-26H,19-20H2,1-2H3. The van der Waals surface area contributed by atoms with E-state index in [0.717, 1.165) is 12.8 Å². The molecule has 0 amide bonds. The van der Waals surface area contributed by atoms with Gasteiger partial charge in [0.05, 0.1) is 0 Å². The summed E-state index contributed by atoms with van der Waals surface area (Å²) in [5, 5.41) is 2.76. The molecule has 0 saturated heterocycles. The van der Waals surface area contributed by atoms with Crippen molar-refractivity contribution in [3.63, 3.8) is 0 Å². The molecule has 0 spiro atoms. The van der Waals surface area contributed by atoms with Crippen LogP contribution in [0.3, 0.4) is 0 Å². The third kappa shape index (κ3) is 2.47. The van der Waals surface area contributed by atoms with E-state index in [1.54, 1.807) is 0 Å². The SMILES string of the molecule is Cn1c2c(c3ccccc31)-c1ccccc1C2CCC1c2ccccc2-c2c1n(C)c1ccccc21. The summed E-state index contributed by atoms with van der Waals surface area (Å²) in [5.41, 5.74) is 14.4. The Labute approximate surface area is 211 Å². The van der Waals surface area contributed by atoms with E-state index in [4.69, 9.17) is 0 Å². The van der Waals surface area contributed by atoms with Gasteiger partial charge in [0.25, 0.3) is 0 Å². The Morgan fingerprint density at radius 3 is 1.36 bits per heavy atom. The highest BCUT2D eigenvalue weighted by atomic mass is 15.0. The van der Waals surface area contributed by atoms with Gasteiger partial charge in [-0.15, -0.1) is 0 Å². The van der Waals surface area contributed by atoms with Gasteiger partial charge in [-0.05, 0) is 47.2 Å². The third-order valence-corrected chi connectivity index (χ3v) is 8.92. The van der Waals surface area contributed by atoms with E-state index in [2.05, 4.69) is 120 Å². The van der Waals surface area contributed by atoms with Crippen LogP contribution in [0.25, 0.3) is 44.1 Å². The lowest BCUT2D eigenvalue weighted by atomic mass is 9.87. The summed E-state index contributed by atoms with van der Waals surface area (Å²) in [5.74, 6) is 0.832. The molecule has 36 heavy (non-hydrogen) atoms. The average molecular weight is 465 g/mol. The van der Waals surface area contributed by atoms with Crippen molar-refractivity contribution in [2.45, 2.75) is 24.7 Å². The number of aromatic nitrogens is 2. The largest absolute Gasteiger partial charge is 0.346 e. The zero-order chi connectivity index (χ0) is 24.0. The lowest BCUT2D eigenvalue weighted by molar-refractivity contribution is 0.589. The summed E-state index contributed by atoms with van der Waals surface area (Å²) in [6.45, 7) is 0. The maximum Gasteiger partial charge on any atom is 0.0486 e. The number of aryl methyl sites for hydroxylation is 2. The van der Waals surface area contributed by atoms with E-state index in [1.165, 1.54) is 66.6 Å². The molecule has 2 heterocycles. The van der Waals surface area contributed by atoms with Crippen LogP contribution in [0.5, 0.6) is 0 Å². The number of rotatable bonds is 3. The second kappa shape index (κ2) is 7.24. The van der Waals surface area contributed by atoms with Crippen molar-refractivity contribution < 1.29 is 0 Å². The molecule has 4 aromatic carbocycles. The lowest BCUT2D eigenvalue weighted by Crippen LogP contribution is -2.08. The molecule has 0 radical (unpaired) electrons. The van der Waals surface area contributed by atoms with Crippen LogP contribution >= 0.6 is 0 Å². The van der Waals surface area contributed by atoms with Crippen LogP contribution in [0.1, 0.15) is 47.2 Å². The zero-order valence-corrected chi connectivity index (χ0v) is 20.7. The van der Waals surface area contributed by atoms with Gasteiger partial charge in [-0.25, -0.2) is 0 Å². The van der Waals surface area contributed by atoms with Crippen LogP contribution in [0, 0.1) is 0 Å². The predicted octanol–water partition coefficient (Wildman–Crippen LogP) is 8.38. The quantitative estimate of drug-likeness (QED) is 0.249. The summed E-state index contributed by atoms with van der Waals surface area (Å²) in [6, 6.07) is 36.0. The van der Waals surface area contributed by atoms with Gasteiger partial charge in [-0.2, -0.15) is 0 Å². The van der Waals surface area contributed by atoms with Gasteiger partial charge in [0.1, 0.15) is 0 Å². The molecule has 0 aliphatic heterocycles. The Hall–Kier alpha value is -4.04. The minimum Gasteiger partial charge on any atom is -0.346 e. The van der Waals surface area contributed by atoms with Gasteiger partial charge in [-0.3, -0.25) is 0 Å². The number of nitrogens with zero attached hydrogens (tertiary/aromatic N) is 2. The summed E-state index contributed by atoms with van der Waals surface area (Å²) < 4.78 is 4.92. The van der Waals surface area contributed by atoms with Crippen LogP contribution in [-0.4, -0.2) is 9.13 Å². The van der Waals surface area contributed by atoms with E-state index in [1.807, 2.05) is 0 Å². The first-order valence-corrected chi connectivity index (χ1v) is 13.1. The molecule has 2 aliphatic carbocycles. The smallest absolute Gasteiger partial charge is 0.0486 e. The third-order valence-electron chi connectivity index (χ3n) is 8.92. The highest BCUT2D eigenvalue weighted by Crippen LogP contribution is 2.55. The summed E-state index contributed by atoms with van der Waals surface area (Å²) in [6.07, 6.45) is 2.27. The minimum atomic E-state index is 0.416. The first-order chi connectivity index (χ1) is 17.7. The Balaban J connectivity index is 1.27. The second-order valence-corrected chi connectivity index (χ2v) is 10.5. The fourth-order valence-electron chi connectivity index (χ4n) is 7.48. The first-order valence-electron chi connectivity index (χ1n) is 13.1. The molecule has 0 N–H and O–H groups in total. The minimum absolute atomic E-state index is 0.416. The fraction of sp³-hybridized carbons (Fsp3) is 0.176. The summed E-state index contributed by atoms with van der Waals surface area (Å²) >= 11 is 0. The number of fused-ring (bicyclic) bond motifs is 10. The Kier molecular flexibility index (Phi) is 4.06. The Morgan fingerprint density at radius 1 is 0.500 bits per heavy atom. The van der Waals surface area contributed by atoms with Crippen LogP contribution in [0.4, 0.5) is 0 Å². The number of hydrogen-bond donors (Lipinski definition) is 0. The van der Waals surface area contributed by atoms with Crippen molar-refractivity contribution in [3.05, 3.63) is 120 Å². The van der Waals surface area contributed by atoms with Crippen molar-refractivity contribution in [1.29, 1.82) is 0 Å².